The first-order valence-corrected chi connectivity index (χ1v) is 6.85. The van der Waals surface area contributed by atoms with E-state index in [1.807, 2.05) is 18.2 Å². The Morgan fingerprint density at radius 2 is 2.20 bits per heavy atom. The maximum absolute atomic E-state index is 12.4. The third kappa shape index (κ3) is 2.53. The molecule has 0 saturated carbocycles. The van der Waals surface area contributed by atoms with Gasteiger partial charge in [0.25, 0.3) is 0 Å². The van der Waals surface area contributed by atoms with Gasteiger partial charge in [0.1, 0.15) is 6.04 Å². The molecule has 3 rings (SSSR count). The third-order valence-corrected chi connectivity index (χ3v) is 3.73. The Labute approximate surface area is 122 Å². The zero-order chi connectivity index (χ0) is 13.9. The van der Waals surface area contributed by atoms with E-state index in [1.54, 1.807) is 18.5 Å². The van der Waals surface area contributed by atoms with Crippen molar-refractivity contribution in [2.45, 2.75) is 12.5 Å². The monoisotopic (exact) mass is 287 g/mol. The van der Waals surface area contributed by atoms with Gasteiger partial charge in [-0.25, -0.2) is 0 Å². The normalized spacial score (nSPS) is 17.4. The van der Waals surface area contributed by atoms with Crippen LogP contribution in [0.2, 0.25) is 5.02 Å². The number of hydrogen-bond donors (Lipinski definition) is 2. The molecule has 1 aromatic heterocycles. The lowest BCUT2D eigenvalue weighted by Gasteiger charge is -2.26. The highest BCUT2D eigenvalue weighted by molar-refractivity contribution is 6.33. The van der Waals surface area contributed by atoms with Crippen molar-refractivity contribution in [3.8, 4) is 0 Å². The van der Waals surface area contributed by atoms with Gasteiger partial charge in [0.05, 0.1) is 16.9 Å². The Morgan fingerprint density at radius 3 is 3.05 bits per heavy atom. The van der Waals surface area contributed by atoms with Crippen molar-refractivity contribution < 1.29 is 4.79 Å². The quantitative estimate of drug-likeness (QED) is 0.892. The van der Waals surface area contributed by atoms with Crippen molar-refractivity contribution in [1.82, 2.24) is 10.3 Å². The van der Waals surface area contributed by atoms with Crippen molar-refractivity contribution in [1.29, 1.82) is 0 Å². The van der Waals surface area contributed by atoms with E-state index in [2.05, 4.69) is 21.7 Å². The highest BCUT2D eigenvalue weighted by atomic mass is 35.5. The van der Waals surface area contributed by atoms with Gasteiger partial charge in [-0.15, -0.1) is 0 Å². The van der Waals surface area contributed by atoms with Gasteiger partial charge in [-0.3, -0.25) is 9.78 Å². The third-order valence-electron chi connectivity index (χ3n) is 3.40. The first-order valence-electron chi connectivity index (χ1n) is 6.47. The van der Waals surface area contributed by atoms with Gasteiger partial charge in [0, 0.05) is 12.7 Å². The largest absolute Gasteiger partial charge is 0.322 e. The number of nitrogens with zero attached hydrogens (tertiary/aromatic N) is 1. The van der Waals surface area contributed by atoms with Crippen molar-refractivity contribution in [2.75, 3.05) is 11.9 Å². The number of amides is 1. The minimum Gasteiger partial charge on any atom is -0.322 e. The molecule has 5 heteroatoms. The second-order valence-electron chi connectivity index (χ2n) is 4.68. The summed E-state index contributed by atoms with van der Waals surface area (Å²) in [5.41, 5.74) is 2.77. The van der Waals surface area contributed by atoms with Crippen LogP contribution in [0.5, 0.6) is 0 Å². The number of nitrogens with one attached hydrogen (secondary N) is 2. The van der Waals surface area contributed by atoms with Gasteiger partial charge in [0.2, 0.25) is 5.91 Å². The Morgan fingerprint density at radius 1 is 1.35 bits per heavy atom. The number of anilines is 1. The second kappa shape index (κ2) is 5.61. The fourth-order valence-electron chi connectivity index (χ4n) is 2.41. The lowest BCUT2D eigenvalue weighted by atomic mass is 9.94. The van der Waals surface area contributed by atoms with Gasteiger partial charge in [-0.2, -0.15) is 0 Å². The zero-order valence-corrected chi connectivity index (χ0v) is 11.5. The van der Waals surface area contributed by atoms with E-state index in [0.29, 0.717) is 10.7 Å². The smallest absolute Gasteiger partial charge is 0.246 e. The van der Waals surface area contributed by atoms with Crippen LogP contribution in [0.25, 0.3) is 0 Å². The minimum absolute atomic E-state index is 0.118. The van der Waals surface area contributed by atoms with E-state index < -0.39 is 0 Å². The van der Waals surface area contributed by atoms with Gasteiger partial charge >= 0.3 is 0 Å². The van der Waals surface area contributed by atoms with E-state index in [4.69, 9.17) is 11.6 Å². The summed E-state index contributed by atoms with van der Waals surface area (Å²) in [5, 5.41) is 6.55. The van der Waals surface area contributed by atoms with Crippen LogP contribution in [0.15, 0.2) is 42.7 Å². The fourth-order valence-corrected chi connectivity index (χ4v) is 2.57. The molecule has 2 aromatic rings. The molecule has 1 aliphatic heterocycles. The summed E-state index contributed by atoms with van der Waals surface area (Å²) in [7, 11) is 0. The molecule has 1 unspecified atom stereocenters. The van der Waals surface area contributed by atoms with Crippen molar-refractivity contribution in [3.63, 3.8) is 0 Å². The number of benzene rings is 1. The van der Waals surface area contributed by atoms with Crippen LogP contribution < -0.4 is 10.6 Å². The molecule has 0 fully saturated rings. The molecule has 4 nitrogen and oxygen atoms in total. The van der Waals surface area contributed by atoms with Crippen LogP contribution in [0, 0.1) is 0 Å². The molecule has 0 saturated heterocycles. The Bertz CT molecular complexity index is 645. The van der Waals surface area contributed by atoms with E-state index in [-0.39, 0.29) is 11.9 Å². The van der Waals surface area contributed by atoms with E-state index in [0.717, 1.165) is 18.5 Å². The average Bonchev–Trinajstić information content (AvgIpc) is 2.49. The Kier molecular flexibility index (Phi) is 3.67. The van der Waals surface area contributed by atoms with Crippen molar-refractivity contribution in [3.05, 3.63) is 58.9 Å². The number of pyridine rings is 1. The topological polar surface area (TPSA) is 54.0 Å². The molecule has 102 valence electrons. The fraction of sp³-hybridized carbons (Fsp3) is 0.200. The molecule has 2 N–H and O–H groups in total. The van der Waals surface area contributed by atoms with Gasteiger partial charge in [-0.1, -0.05) is 35.9 Å². The molecule has 0 radical (unpaired) electrons. The summed E-state index contributed by atoms with van der Waals surface area (Å²) in [5.74, 6) is -0.118. The summed E-state index contributed by atoms with van der Waals surface area (Å²) in [6, 6.07) is 9.29. The molecular weight excluding hydrogens is 274 g/mol. The second-order valence-corrected chi connectivity index (χ2v) is 5.09. The maximum Gasteiger partial charge on any atom is 0.246 e. The predicted octanol–water partition coefficient (Wildman–Crippen LogP) is 2.56. The average molecular weight is 288 g/mol. The van der Waals surface area contributed by atoms with E-state index >= 15 is 0 Å². The Hall–Kier alpha value is -1.91. The van der Waals surface area contributed by atoms with Gasteiger partial charge in [0.15, 0.2) is 0 Å². The minimum atomic E-state index is -0.351. The van der Waals surface area contributed by atoms with Crippen molar-refractivity contribution in [2.24, 2.45) is 0 Å². The number of halogens is 1. The number of rotatable bonds is 2. The van der Waals surface area contributed by atoms with Crippen LogP contribution >= 0.6 is 11.6 Å². The molecular formula is C15H14ClN3O. The van der Waals surface area contributed by atoms with Crippen molar-refractivity contribution >= 4 is 23.2 Å². The summed E-state index contributed by atoms with van der Waals surface area (Å²) < 4.78 is 0. The highest BCUT2D eigenvalue weighted by Gasteiger charge is 2.26. The van der Waals surface area contributed by atoms with Crippen LogP contribution in [-0.2, 0) is 11.2 Å². The summed E-state index contributed by atoms with van der Waals surface area (Å²) in [4.78, 5) is 16.4. The number of aromatic nitrogens is 1. The molecule has 1 aromatic carbocycles. The molecule has 1 amide bonds. The molecule has 20 heavy (non-hydrogen) atoms. The Balaban J connectivity index is 1.84. The zero-order valence-electron chi connectivity index (χ0n) is 10.8. The standard InChI is InChI=1S/C15H14ClN3O/c16-12-6-7-17-9-13(12)19-15(20)14-11-4-2-1-3-10(11)5-8-18-14/h1-4,6-7,9,14,18H,5,8H2,(H,19,20). The number of carbonyl (C=O) groups is 1. The lowest BCUT2D eigenvalue weighted by molar-refractivity contribution is -0.118. The SMILES string of the molecule is O=C(Nc1cnccc1Cl)C1NCCc2ccccc21. The van der Waals surface area contributed by atoms with Gasteiger partial charge in [-0.05, 0) is 23.6 Å². The van der Waals surface area contributed by atoms with Crippen LogP contribution in [0.1, 0.15) is 17.2 Å². The van der Waals surface area contributed by atoms with Gasteiger partial charge < -0.3 is 10.6 Å². The molecule has 1 aliphatic rings. The van der Waals surface area contributed by atoms with Crippen LogP contribution in [-0.4, -0.2) is 17.4 Å². The summed E-state index contributed by atoms with van der Waals surface area (Å²) in [6.45, 7) is 0.788. The molecule has 0 aliphatic carbocycles. The van der Waals surface area contributed by atoms with Crippen LogP contribution in [0.4, 0.5) is 5.69 Å². The number of fused-ring (bicyclic) bond motifs is 1. The number of carbonyl (C=O) groups excluding carboxylic acids is 1. The highest BCUT2D eigenvalue weighted by Crippen LogP contribution is 2.25. The molecule has 1 atom stereocenters. The first kappa shape index (κ1) is 13.1. The van der Waals surface area contributed by atoms with Crippen LogP contribution in [0.3, 0.4) is 0 Å². The molecule has 2 heterocycles. The maximum atomic E-state index is 12.4. The van der Waals surface area contributed by atoms with E-state index in [9.17, 15) is 4.79 Å². The first-order chi connectivity index (χ1) is 9.75. The predicted molar refractivity (Wildman–Crippen MR) is 78.8 cm³/mol. The molecule has 0 spiro atoms. The summed E-state index contributed by atoms with van der Waals surface area (Å²) in [6.07, 6.45) is 4.08. The molecule has 0 bridgehead atoms. The number of hydrogen-bond acceptors (Lipinski definition) is 3. The van der Waals surface area contributed by atoms with E-state index in [1.165, 1.54) is 5.56 Å². The lowest BCUT2D eigenvalue weighted by Crippen LogP contribution is -2.38. The summed E-state index contributed by atoms with van der Waals surface area (Å²) >= 11 is 6.03.